The monoisotopic (exact) mass is 459 g/mol. The molecule has 0 aromatic heterocycles. The molecule has 0 fully saturated rings. The van der Waals surface area contributed by atoms with E-state index in [0.29, 0.717) is 30.5 Å². The topological polar surface area (TPSA) is 30.5 Å². The van der Waals surface area contributed by atoms with Gasteiger partial charge in [-0.05, 0) is 71.2 Å². The summed E-state index contributed by atoms with van der Waals surface area (Å²) in [6.07, 6.45) is 0. The molecule has 3 rings (SSSR count). The van der Waals surface area contributed by atoms with Crippen molar-refractivity contribution in [2.45, 2.75) is 27.0 Å². The van der Waals surface area contributed by atoms with Crippen LogP contribution in [0.15, 0.2) is 65.1 Å². The second kappa shape index (κ2) is 9.85. The van der Waals surface area contributed by atoms with Crippen molar-refractivity contribution in [3.8, 4) is 11.5 Å². The molecule has 0 amide bonds. The predicted molar refractivity (Wildman–Crippen MR) is 120 cm³/mol. The fraction of sp³-hybridized carbons (Fsp3) is 0.217. The molecule has 3 aromatic rings. The first kappa shape index (κ1) is 20.6. The maximum Gasteiger partial charge on any atom is 0.175 e. The lowest BCUT2D eigenvalue weighted by Gasteiger charge is -2.16. The molecule has 0 spiro atoms. The maximum atomic E-state index is 6.07. The molecular formula is C23H23BrClNO2. The quantitative estimate of drug-likeness (QED) is 0.392. The first-order chi connectivity index (χ1) is 13.5. The Morgan fingerprint density at radius 3 is 2.46 bits per heavy atom. The molecule has 0 aliphatic carbocycles. The molecule has 28 heavy (non-hydrogen) atoms. The Bertz CT molecular complexity index is 928. The van der Waals surface area contributed by atoms with Crippen molar-refractivity contribution in [3.63, 3.8) is 0 Å². The van der Waals surface area contributed by atoms with Gasteiger partial charge in [0, 0.05) is 17.3 Å². The normalized spacial score (nSPS) is 10.6. The van der Waals surface area contributed by atoms with Crippen molar-refractivity contribution in [3.05, 3.63) is 86.8 Å². The molecule has 0 unspecified atom stereocenters. The van der Waals surface area contributed by atoms with Gasteiger partial charge in [0.1, 0.15) is 6.61 Å². The van der Waals surface area contributed by atoms with Crippen molar-refractivity contribution in [2.75, 3.05) is 11.9 Å². The lowest BCUT2D eigenvalue weighted by molar-refractivity contribution is 0.267. The van der Waals surface area contributed by atoms with Crippen LogP contribution in [0, 0.1) is 6.92 Å². The zero-order chi connectivity index (χ0) is 19.9. The Balaban J connectivity index is 1.74. The molecule has 0 heterocycles. The van der Waals surface area contributed by atoms with E-state index < -0.39 is 0 Å². The van der Waals surface area contributed by atoms with E-state index in [1.165, 1.54) is 5.56 Å². The van der Waals surface area contributed by atoms with Gasteiger partial charge in [0.15, 0.2) is 11.5 Å². The Labute approximate surface area is 179 Å². The van der Waals surface area contributed by atoms with Crippen LogP contribution in [0.1, 0.15) is 23.6 Å². The van der Waals surface area contributed by atoms with Gasteiger partial charge in [0.2, 0.25) is 0 Å². The zero-order valence-electron chi connectivity index (χ0n) is 16.0. The fourth-order valence-electron chi connectivity index (χ4n) is 2.77. The Hall–Kier alpha value is -2.17. The minimum Gasteiger partial charge on any atom is -0.490 e. The van der Waals surface area contributed by atoms with Crippen LogP contribution in [-0.2, 0) is 13.2 Å². The maximum absolute atomic E-state index is 6.07. The molecule has 0 atom stereocenters. The fourth-order valence-corrected chi connectivity index (χ4v) is 3.56. The first-order valence-corrected chi connectivity index (χ1v) is 10.3. The van der Waals surface area contributed by atoms with E-state index in [1.807, 2.05) is 43.3 Å². The molecule has 0 saturated heterocycles. The van der Waals surface area contributed by atoms with Crippen LogP contribution in [0.4, 0.5) is 5.69 Å². The van der Waals surface area contributed by atoms with Gasteiger partial charge < -0.3 is 14.8 Å². The molecular weight excluding hydrogens is 438 g/mol. The molecule has 0 saturated carbocycles. The van der Waals surface area contributed by atoms with E-state index in [-0.39, 0.29) is 0 Å². The summed E-state index contributed by atoms with van der Waals surface area (Å²) in [6, 6.07) is 20.1. The standard InChI is InChI=1S/C23H23BrClNO2/c1-3-27-22-12-18(14-26-20-6-4-5-19(25)13-20)11-21(24)23(22)28-15-17-9-7-16(2)8-10-17/h4-13,26H,3,14-15H2,1-2H3. The van der Waals surface area contributed by atoms with E-state index >= 15 is 0 Å². The third-order valence-corrected chi connectivity index (χ3v) is 5.02. The Morgan fingerprint density at radius 2 is 1.75 bits per heavy atom. The van der Waals surface area contributed by atoms with Crippen LogP contribution >= 0.6 is 27.5 Å². The van der Waals surface area contributed by atoms with Crippen LogP contribution in [-0.4, -0.2) is 6.61 Å². The molecule has 0 radical (unpaired) electrons. The molecule has 0 aliphatic heterocycles. The average Bonchev–Trinajstić information content (AvgIpc) is 2.67. The Morgan fingerprint density at radius 1 is 0.964 bits per heavy atom. The number of hydrogen-bond donors (Lipinski definition) is 1. The average molecular weight is 461 g/mol. The second-order valence-electron chi connectivity index (χ2n) is 6.48. The van der Waals surface area contributed by atoms with E-state index in [4.69, 9.17) is 21.1 Å². The summed E-state index contributed by atoms with van der Waals surface area (Å²) in [4.78, 5) is 0. The minimum atomic E-state index is 0.485. The molecule has 146 valence electrons. The molecule has 3 nitrogen and oxygen atoms in total. The van der Waals surface area contributed by atoms with Crippen molar-refractivity contribution in [1.82, 2.24) is 0 Å². The molecule has 0 bridgehead atoms. The summed E-state index contributed by atoms with van der Waals surface area (Å²) < 4.78 is 12.8. The highest BCUT2D eigenvalue weighted by molar-refractivity contribution is 9.10. The summed E-state index contributed by atoms with van der Waals surface area (Å²) in [6.45, 7) is 5.74. The van der Waals surface area contributed by atoms with Crippen molar-refractivity contribution in [2.24, 2.45) is 0 Å². The molecule has 3 aromatic carbocycles. The van der Waals surface area contributed by atoms with E-state index in [0.717, 1.165) is 27.0 Å². The van der Waals surface area contributed by atoms with Gasteiger partial charge in [-0.2, -0.15) is 0 Å². The SMILES string of the molecule is CCOc1cc(CNc2cccc(Cl)c2)cc(Br)c1OCc1ccc(C)cc1. The minimum absolute atomic E-state index is 0.485. The van der Waals surface area contributed by atoms with Gasteiger partial charge in [-0.25, -0.2) is 0 Å². The van der Waals surface area contributed by atoms with Crippen LogP contribution in [0.3, 0.4) is 0 Å². The molecule has 1 N–H and O–H groups in total. The lowest BCUT2D eigenvalue weighted by Crippen LogP contribution is -2.04. The summed E-state index contributed by atoms with van der Waals surface area (Å²) in [5.41, 5.74) is 4.41. The van der Waals surface area contributed by atoms with Gasteiger partial charge in [0.05, 0.1) is 11.1 Å². The number of aryl methyl sites for hydroxylation is 1. The number of anilines is 1. The lowest BCUT2D eigenvalue weighted by atomic mass is 10.1. The van der Waals surface area contributed by atoms with E-state index in [9.17, 15) is 0 Å². The van der Waals surface area contributed by atoms with E-state index in [2.05, 4.69) is 52.4 Å². The number of ether oxygens (including phenoxy) is 2. The zero-order valence-corrected chi connectivity index (χ0v) is 18.3. The second-order valence-corrected chi connectivity index (χ2v) is 7.77. The first-order valence-electron chi connectivity index (χ1n) is 9.18. The summed E-state index contributed by atoms with van der Waals surface area (Å²) >= 11 is 9.69. The van der Waals surface area contributed by atoms with Gasteiger partial charge in [-0.15, -0.1) is 0 Å². The summed E-state index contributed by atoms with van der Waals surface area (Å²) in [5.74, 6) is 1.45. The van der Waals surface area contributed by atoms with Crippen LogP contribution in [0.25, 0.3) is 0 Å². The van der Waals surface area contributed by atoms with Crippen molar-refractivity contribution >= 4 is 33.2 Å². The van der Waals surface area contributed by atoms with Gasteiger partial charge >= 0.3 is 0 Å². The highest BCUT2D eigenvalue weighted by Gasteiger charge is 2.13. The number of rotatable bonds is 8. The highest BCUT2D eigenvalue weighted by atomic mass is 79.9. The smallest absolute Gasteiger partial charge is 0.175 e. The third kappa shape index (κ3) is 5.66. The highest BCUT2D eigenvalue weighted by Crippen LogP contribution is 2.37. The Kier molecular flexibility index (Phi) is 7.24. The van der Waals surface area contributed by atoms with Crippen LogP contribution in [0.2, 0.25) is 5.02 Å². The largest absolute Gasteiger partial charge is 0.490 e. The van der Waals surface area contributed by atoms with Gasteiger partial charge in [-0.3, -0.25) is 0 Å². The summed E-state index contributed by atoms with van der Waals surface area (Å²) in [7, 11) is 0. The number of halogens is 2. The summed E-state index contributed by atoms with van der Waals surface area (Å²) in [5, 5.41) is 4.09. The molecule has 0 aliphatic rings. The van der Waals surface area contributed by atoms with E-state index in [1.54, 1.807) is 0 Å². The van der Waals surface area contributed by atoms with Crippen LogP contribution < -0.4 is 14.8 Å². The van der Waals surface area contributed by atoms with Gasteiger partial charge in [-0.1, -0.05) is 47.5 Å². The van der Waals surface area contributed by atoms with Crippen molar-refractivity contribution in [1.29, 1.82) is 0 Å². The van der Waals surface area contributed by atoms with Gasteiger partial charge in [0.25, 0.3) is 0 Å². The number of nitrogens with one attached hydrogen (secondary N) is 1. The third-order valence-electron chi connectivity index (χ3n) is 4.19. The predicted octanol–water partition coefficient (Wildman–Crippen LogP) is 7.00. The number of benzene rings is 3. The van der Waals surface area contributed by atoms with Crippen molar-refractivity contribution < 1.29 is 9.47 Å². The molecule has 5 heteroatoms. The number of hydrogen-bond acceptors (Lipinski definition) is 3. The van der Waals surface area contributed by atoms with Crippen LogP contribution in [0.5, 0.6) is 11.5 Å².